The van der Waals surface area contributed by atoms with E-state index >= 15 is 8.63 Å². The second-order valence-corrected chi connectivity index (χ2v) is 7.77. The van der Waals surface area contributed by atoms with Crippen molar-refractivity contribution in [1.82, 2.24) is 9.97 Å². The van der Waals surface area contributed by atoms with Crippen molar-refractivity contribution in [1.29, 1.82) is 0 Å². The van der Waals surface area contributed by atoms with E-state index in [0.717, 1.165) is 60.0 Å². The van der Waals surface area contributed by atoms with Crippen LogP contribution in [0.2, 0.25) is 0 Å². The number of imidazole rings is 1. The van der Waals surface area contributed by atoms with E-state index in [9.17, 15) is 0 Å². The molecule has 8 heteroatoms. The number of aromatic amines is 1. The number of fused-ring (bicyclic) bond motifs is 3. The van der Waals surface area contributed by atoms with Gasteiger partial charge in [-0.2, -0.15) is 0 Å². The fourth-order valence-electron chi connectivity index (χ4n) is 4.79. The molecule has 0 amide bonds. The fraction of sp³-hybridized carbons (Fsp3) is 0.300. The minimum Gasteiger partial charge on any atom is -0.630 e. The molecule has 3 aliphatic heterocycles. The van der Waals surface area contributed by atoms with Gasteiger partial charge in [-0.3, -0.25) is 0 Å². The van der Waals surface area contributed by atoms with Crippen molar-refractivity contribution in [3.05, 3.63) is 47.0 Å². The zero-order chi connectivity index (χ0) is 18.9. The van der Waals surface area contributed by atoms with E-state index in [0.29, 0.717) is 16.8 Å². The highest BCUT2D eigenvalue weighted by molar-refractivity contribution is 6.53. The lowest BCUT2D eigenvalue weighted by molar-refractivity contribution is -0.352. The average Bonchev–Trinajstić information content (AvgIpc) is 3.12. The third-order valence-electron chi connectivity index (χ3n) is 5.98. The topological polar surface area (TPSA) is 44.2 Å². The summed E-state index contributed by atoms with van der Waals surface area (Å²) in [6.07, 6.45) is 5.33. The van der Waals surface area contributed by atoms with E-state index in [-0.39, 0.29) is 5.95 Å². The normalized spacial score (nSPS) is 19.6. The van der Waals surface area contributed by atoms with Gasteiger partial charge in [-0.25, -0.2) is 4.98 Å². The molecule has 0 radical (unpaired) electrons. The van der Waals surface area contributed by atoms with E-state index in [4.69, 9.17) is 4.65 Å². The maximum atomic E-state index is 15.1. The number of benzene rings is 2. The van der Waals surface area contributed by atoms with Crippen LogP contribution in [0.15, 0.2) is 30.3 Å². The van der Waals surface area contributed by atoms with Crippen molar-refractivity contribution in [2.45, 2.75) is 25.7 Å². The number of H-pyrrole nitrogens is 1. The summed E-state index contributed by atoms with van der Waals surface area (Å²) in [5, 5.41) is 0. The van der Waals surface area contributed by atoms with Crippen LogP contribution in [0, 0.1) is 0 Å². The summed E-state index contributed by atoms with van der Waals surface area (Å²) in [6.45, 7) is 1.99. The van der Waals surface area contributed by atoms with Crippen molar-refractivity contribution >= 4 is 35.9 Å². The lowest BCUT2D eigenvalue weighted by Gasteiger charge is -2.41. The Balaban J connectivity index is 1.56. The van der Waals surface area contributed by atoms with Gasteiger partial charge in [-0.05, 0) is 49.4 Å². The summed E-state index contributed by atoms with van der Waals surface area (Å²) < 4.78 is 36.4. The number of halogens is 2. The number of aryl methyl sites for hydroxylation is 1. The van der Waals surface area contributed by atoms with Gasteiger partial charge in [0.15, 0.2) is 5.52 Å². The maximum Gasteiger partial charge on any atom is 0.701 e. The number of hydrogen-bond acceptors (Lipinski definition) is 3. The smallest absolute Gasteiger partial charge is 0.630 e. The van der Waals surface area contributed by atoms with Gasteiger partial charge in [-0.15, -0.1) is 0 Å². The molecule has 1 N–H and O–H groups in total. The average molecular weight is 380 g/mol. The van der Waals surface area contributed by atoms with Crippen LogP contribution in [-0.4, -0.2) is 40.8 Å². The zero-order valence-corrected chi connectivity index (χ0v) is 15.3. The van der Waals surface area contributed by atoms with Crippen LogP contribution in [0.5, 0.6) is 5.75 Å². The van der Waals surface area contributed by atoms with Crippen LogP contribution in [0.4, 0.5) is 20.3 Å². The molecule has 3 aliphatic rings. The predicted octanol–water partition coefficient (Wildman–Crippen LogP) is 3.79. The third-order valence-corrected chi connectivity index (χ3v) is 5.98. The Morgan fingerprint density at radius 1 is 1.14 bits per heavy atom. The summed E-state index contributed by atoms with van der Waals surface area (Å²) in [4.78, 5) is 9.67. The number of anilines is 1. The van der Waals surface area contributed by atoms with E-state index in [2.05, 4.69) is 14.9 Å². The van der Waals surface area contributed by atoms with Crippen LogP contribution < -0.4 is 9.55 Å². The Hall–Kier alpha value is -2.90. The van der Waals surface area contributed by atoms with Gasteiger partial charge in [0.2, 0.25) is 0 Å². The van der Waals surface area contributed by atoms with Crippen molar-refractivity contribution in [2.24, 2.45) is 0 Å². The first-order valence-corrected chi connectivity index (χ1v) is 9.82. The summed E-state index contributed by atoms with van der Waals surface area (Å²) in [5.41, 5.74) is 5.40. The number of hydrogen-bond donors (Lipinski definition) is 1. The van der Waals surface area contributed by atoms with Crippen molar-refractivity contribution in [2.75, 3.05) is 18.0 Å². The summed E-state index contributed by atoms with van der Waals surface area (Å²) in [5.74, 6) is 0.451. The molecule has 6 rings (SSSR count). The summed E-state index contributed by atoms with van der Waals surface area (Å²) >= 11 is 0. The summed E-state index contributed by atoms with van der Waals surface area (Å²) in [7, 11) is -4.27. The lowest BCUT2D eigenvalue weighted by atomic mass is 9.87. The SMILES string of the molecule is F[B-]1(F)Oc2c(cc3c4c2CCCN4CCC3)C=[N+]1c1nc2ccccc2[nH]1. The second-order valence-electron chi connectivity index (χ2n) is 7.77. The van der Waals surface area contributed by atoms with Crippen molar-refractivity contribution < 1.29 is 17.8 Å². The molecule has 28 heavy (non-hydrogen) atoms. The molecule has 0 saturated carbocycles. The molecule has 2 aromatic carbocycles. The minimum absolute atomic E-state index is 0.102. The molecular weight excluding hydrogens is 361 g/mol. The number of aromatic nitrogens is 2. The lowest BCUT2D eigenvalue weighted by Crippen LogP contribution is -2.48. The molecule has 0 saturated heterocycles. The second kappa shape index (κ2) is 5.56. The van der Waals surface area contributed by atoms with Crippen LogP contribution in [0.1, 0.15) is 29.5 Å². The molecule has 0 bridgehead atoms. The first-order chi connectivity index (χ1) is 13.6. The third kappa shape index (κ3) is 2.23. The van der Waals surface area contributed by atoms with Crippen molar-refractivity contribution in [3.8, 4) is 5.75 Å². The van der Waals surface area contributed by atoms with E-state index < -0.39 is 7.04 Å². The Kier molecular flexibility index (Phi) is 3.20. The Morgan fingerprint density at radius 3 is 2.82 bits per heavy atom. The van der Waals surface area contributed by atoms with E-state index in [1.54, 1.807) is 6.07 Å². The van der Waals surface area contributed by atoms with Gasteiger partial charge < -0.3 is 22.7 Å². The highest BCUT2D eigenvalue weighted by atomic mass is 19.3. The van der Waals surface area contributed by atoms with Crippen LogP contribution in [0.25, 0.3) is 11.0 Å². The highest BCUT2D eigenvalue weighted by Gasteiger charge is 2.45. The largest absolute Gasteiger partial charge is 0.701 e. The molecule has 0 aliphatic carbocycles. The quantitative estimate of drug-likeness (QED) is 0.654. The van der Waals surface area contributed by atoms with E-state index in [1.165, 1.54) is 11.8 Å². The molecule has 0 fully saturated rings. The number of rotatable bonds is 1. The highest BCUT2D eigenvalue weighted by Crippen LogP contribution is 2.44. The van der Waals surface area contributed by atoms with Gasteiger partial charge in [0.25, 0.3) is 0 Å². The van der Waals surface area contributed by atoms with Gasteiger partial charge in [0, 0.05) is 36.1 Å². The first-order valence-electron chi connectivity index (χ1n) is 9.82. The molecule has 5 nitrogen and oxygen atoms in total. The molecule has 0 unspecified atom stereocenters. The van der Waals surface area contributed by atoms with Crippen molar-refractivity contribution in [3.63, 3.8) is 0 Å². The molecule has 0 atom stereocenters. The monoisotopic (exact) mass is 380 g/mol. The van der Waals surface area contributed by atoms with Crippen LogP contribution in [-0.2, 0) is 12.8 Å². The number of para-hydroxylation sites is 2. The zero-order valence-electron chi connectivity index (χ0n) is 15.3. The maximum absolute atomic E-state index is 15.1. The van der Waals surface area contributed by atoms with Gasteiger partial charge in [0.1, 0.15) is 5.52 Å². The Bertz CT molecular complexity index is 1120. The minimum atomic E-state index is -4.27. The van der Waals surface area contributed by atoms with Gasteiger partial charge in [0.05, 0.1) is 5.75 Å². The molecular formula is C20H19BF2N4O. The molecule has 1 aromatic heterocycles. The molecule has 4 heterocycles. The predicted molar refractivity (Wildman–Crippen MR) is 105 cm³/mol. The van der Waals surface area contributed by atoms with Crippen LogP contribution >= 0.6 is 0 Å². The Labute approximate surface area is 160 Å². The standard InChI is InChI=1S/C20H19BF2N4O/c22-21(23)27(20-24-16-7-1-2-8-17(16)25-20)12-14-11-13-5-3-9-26-10-4-6-15(18(13)26)19(14)28-21/h1-2,7-8,11-12H,3-6,9-10H2,(H,24,25). The number of nitrogens with zero attached hydrogens (tertiary/aromatic N) is 3. The molecule has 142 valence electrons. The van der Waals surface area contributed by atoms with E-state index in [1.807, 2.05) is 24.3 Å². The molecule has 0 spiro atoms. The first kappa shape index (κ1) is 16.1. The van der Waals surface area contributed by atoms with Crippen LogP contribution in [0.3, 0.4) is 0 Å². The Morgan fingerprint density at radius 2 is 1.96 bits per heavy atom. The number of nitrogens with one attached hydrogen (secondary N) is 1. The van der Waals surface area contributed by atoms with Gasteiger partial charge >= 0.3 is 13.0 Å². The summed E-state index contributed by atoms with van der Waals surface area (Å²) in [6, 6.07) is 9.33. The van der Waals surface area contributed by atoms with Gasteiger partial charge in [-0.1, -0.05) is 17.1 Å². The molecule has 3 aromatic rings. The fourth-order valence-corrected chi connectivity index (χ4v) is 4.79.